The lowest BCUT2D eigenvalue weighted by Crippen LogP contribution is -2.12. The minimum atomic E-state index is -0.479. The topological polar surface area (TPSA) is 77.5 Å². The van der Waals surface area contributed by atoms with E-state index >= 15 is 0 Å². The number of rotatable bonds is 9. The van der Waals surface area contributed by atoms with E-state index in [1.54, 1.807) is 12.3 Å². The second-order valence-corrected chi connectivity index (χ2v) is 6.29. The Labute approximate surface area is 151 Å². The lowest BCUT2D eigenvalue weighted by Gasteiger charge is -2.06. The number of unbranched alkanes of at least 4 members (excludes halogenated alkanes) is 1. The molecule has 7 heteroatoms. The van der Waals surface area contributed by atoms with E-state index in [1.807, 2.05) is 31.2 Å². The smallest absolute Gasteiger partial charge is 0.357 e. The molecule has 6 nitrogen and oxygen atoms in total. The highest BCUT2D eigenvalue weighted by Crippen LogP contribution is 2.17. The van der Waals surface area contributed by atoms with Crippen molar-refractivity contribution in [3.8, 4) is 5.75 Å². The summed E-state index contributed by atoms with van der Waals surface area (Å²) in [6, 6.07) is 7.87. The van der Waals surface area contributed by atoms with E-state index in [2.05, 4.69) is 10.3 Å². The van der Waals surface area contributed by atoms with Crippen LogP contribution in [0.2, 0.25) is 0 Å². The highest BCUT2D eigenvalue weighted by atomic mass is 32.1. The number of aromatic nitrogens is 1. The van der Waals surface area contributed by atoms with Crippen molar-refractivity contribution in [1.29, 1.82) is 0 Å². The molecule has 2 aromatic rings. The van der Waals surface area contributed by atoms with Crippen LogP contribution in [0.3, 0.4) is 0 Å². The normalized spacial score (nSPS) is 10.3. The van der Waals surface area contributed by atoms with Crippen molar-refractivity contribution in [3.63, 3.8) is 0 Å². The van der Waals surface area contributed by atoms with E-state index < -0.39 is 5.97 Å². The number of carbonyl (C=O) groups excluding carboxylic acids is 2. The molecule has 0 aliphatic heterocycles. The second-order valence-electron chi connectivity index (χ2n) is 5.43. The summed E-state index contributed by atoms with van der Waals surface area (Å²) in [6.07, 6.45) is 1.88. The zero-order valence-electron chi connectivity index (χ0n) is 14.4. The Morgan fingerprint density at radius 1 is 1.28 bits per heavy atom. The van der Waals surface area contributed by atoms with E-state index in [-0.39, 0.29) is 11.6 Å². The average molecular weight is 362 g/mol. The minimum Gasteiger partial charge on any atom is -0.494 e. The predicted molar refractivity (Wildman–Crippen MR) is 97.2 cm³/mol. The highest BCUT2D eigenvalue weighted by molar-refractivity contribution is 7.14. The van der Waals surface area contributed by atoms with Crippen LogP contribution >= 0.6 is 11.3 Å². The van der Waals surface area contributed by atoms with E-state index in [0.29, 0.717) is 31.2 Å². The number of esters is 1. The number of anilines is 1. The maximum Gasteiger partial charge on any atom is 0.357 e. The van der Waals surface area contributed by atoms with Crippen molar-refractivity contribution in [3.05, 3.63) is 40.9 Å². The molecule has 0 bridgehead atoms. The number of thiazole rings is 1. The van der Waals surface area contributed by atoms with Crippen molar-refractivity contribution in [2.24, 2.45) is 0 Å². The fourth-order valence-corrected chi connectivity index (χ4v) is 2.79. The molecule has 0 spiro atoms. The van der Waals surface area contributed by atoms with E-state index in [1.165, 1.54) is 11.3 Å². The number of amides is 1. The number of aryl methyl sites for hydroxylation is 1. The lowest BCUT2D eigenvalue weighted by atomic mass is 10.2. The third-order valence-corrected chi connectivity index (χ3v) is 4.05. The quantitative estimate of drug-likeness (QED) is 0.542. The van der Waals surface area contributed by atoms with Gasteiger partial charge in [-0.3, -0.25) is 4.79 Å². The Hall–Kier alpha value is -2.41. The van der Waals surface area contributed by atoms with Crippen LogP contribution in [-0.4, -0.2) is 30.1 Å². The van der Waals surface area contributed by atoms with Gasteiger partial charge in [0.05, 0.1) is 13.2 Å². The number of ether oxygens (including phenoxy) is 2. The van der Waals surface area contributed by atoms with Crippen LogP contribution in [0.1, 0.15) is 42.2 Å². The average Bonchev–Trinajstić information content (AvgIpc) is 3.03. The minimum absolute atomic E-state index is 0.125. The number of nitrogens with one attached hydrogen (secondary N) is 1. The number of hydrogen-bond acceptors (Lipinski definition) is 6. The molecule has 0 aliphatic carbocycles. The Balaban J connectivity index is 1.65. The first-order valence-corrected chi connectivity index (χ1v) is 9.08. The molecule has 1 aromatic heterocycles. The van der Waals surface area contributed by atoms with Gasteiger partial charge < -0.3 is 14.8 Å². The number of benzene rings is 1. The molecule has 0 atom stereocenters. The molecule has 0 unspecified atom stereocenters. The fourth-order valence-electron chi connectivity index (χ4n) is 2.09. The summed E-state index contributed by atoms with van der Waals surface area (Å²) in [6.45, 7) is 4.61. The molecule has 134 valence electrons. The Kier molecular flexibility index (Phi) is 7.40. The van der Waals surface area contributed by atoms with E-state index in [4.69, 9.17) is 9.47 Å². The molecular weight excluding hydrogens is 340 g/mol. The van der Waals surface area contributed by atoms with Crippen LogP contribution in [-0.2, 0) is 9.53 Å². The number of hydrogen-bond donors (Lipinski definition) is 1. The molecule has 1 N–H and O–H groups in total. The van der Waals surface area contributed by atoms with Crippen molar-refractivity contribution in [2.75, 3.05) is 18.5 Å². The molecule has 0 saturated heterocycles. The zero-order chi connectivity index (χ0) is 18.1. The molecule has 1 aromatic carbocycles. The summed E-state index contributed by atoms with van der Waals surface area (Å²) < 4.78 is 10.5. The maximum absolute atomic E-state index is 11.9. The summed E-state index contributed by atoms with van der Waals surface area (Å²) in [5.74, 6) is 0.242. The van der Waals surface area contributed by atoms with Crippen molar-refractivity contribution in [2.45, 2.75) is 33.1 Å². The van der Waals surface area contributed by atoms with Gasteiger partial charge in [0.1, 0.15) is 5.75 Å². The standard InChI is InChI=1S/C18H22N2O4S/c1-3-23-17(22)15-12-25-18(19-15)20-16(21)9-4-5-10-24-14-8-6-7-13(2)11-14/h6-8,11-12H,3-5,9-10H2,1-2H3,(H,19,20,21). The van der Waals surface area contributed by atoms with E-state index in [9.17, 15) is 9.59 Å². The summed E-state index contributed by atoms with van der Waals surface area (Å²) in [7, 11) is 0. The summed E-state index contributed by atoms with van der Waals surface area (Å²) in [5, 5.41) is 4.67. The molecule has 0 radical (unpaired) electrons. The van der Waals surface area contributed by atoms with Crippen LogP contribution in [0, 0.1) is 6.92 Å². The molecule has 1 amide bonds. The van der Waals surface area contributed by atoms with Gasteiger partial charge in [-0.25, -0.2) is 9.78 Å². The molecule has 2 rings (SSSR count). The largest absolute Gasteiger partial charge is 0.494 e. The molecule has 0 fully saturated rings. The van der Waals surface area contributed by atoms with Crippen LogP contribution in [0.5, 0.6) is 5.75 Å². The van der Waals surface area contributed by atoms with Gasteiger partial charge in [-0.05, 0) is 44.4 Å². The van der Waals surface area contributed by atoms with Gasteiger partial charge in [-0.1, -0.05) is 12.1 Å². The molecule has 0 aliphatic rings. The van der Waals surface area contributed by atoms with Gasteiger partial charge in [-0.15, -0.1) is 11.3 Å². The summed E-state index contributed by atoms with van der Waals surface area (Å²) in [4.78, 5) is 27.5. The monoisotopic (exact) mass is 362 g/mol. The van der Waals surface area contributed by atoms with Crippen LogP contribution in [0.4, 0.5) is 5.13 Å². The number of carbonyl (C=O) groups is 2. The van der Waals surface area contributed by atoms with Crippen LogP contribution < -0.4 is 10.1 Å². The number of nitrogens with zero attached hydrogens (tertiary/aromatic N) is 1. The lowest BCUT2D eigenvalue weighted by molar-refractivity contribution is -0.116. The van der Waals surface area contributed by atoms with Gasteiger partial charge in [-0.2, -0.15) is 0 Å². The zero-order valence-corrected chi connectivity index (χ0v) is 15.2. The van der Waals surface area contributed by atoms with Gasteiger partial charge in [0.2, 0.25) is 5.91 Å². The van der Waals surface area contributed by atoms with Crippen LogP contribution in [0.15, 0.2) is 29.6 Å². The molecule has 0 saturated carbocycles. The van der Waals surface area contributed by atoms with Gasteiger partial charge in [0, 0.05) is 11.8 Å². The van der Waals surface area contributed by atoms with Crippen molar-refractivity contribution in [1.82, 2.24) is 4.98 Å². The van der Waals surface area contributed by atoms with Gasteiger partial charge in [0.25, 0.3) is 0 Å². The van der Waals surface area contributed by atoms with Crippen molar-refractivity contribution < 1.29 is 19.1 Å². The van der Waals surface area contributed by atoms with Gasteiger partial charge in [0.15, 0.2) is 10.8 Å². The third kappa shape index (κ3) is 6.54. The SMILES string of the molecule is CCOC(=O)c1csc(NC(=O)CCCCOc2cccc(C)c2)n1. The third-order valence-electron chi connectivity index (χ3n) is 3.29. The first-order chi connectivity index (χ1) is 12.1. The highest BCUT2D eigenvalue weighted by Gasteiger charge is 2.13. The Bertz CT molecular complexity index is 715. The summed E-state index contributed by atoms with van der Waals surface area (Å²) >= 11 is 1.21. The van der Waals surface area contributed by atoms with Crippen LogP contribution in [0.25, 0.3) is 0 Å². The fraction of sp³-hybridized carbons (Fsp3) is 0.389. The van der Waals surface area contributed by atoms with E-state index in [0.717, 1.165) is 17.7 Å². The second kappa shape index (κ2) is 9.78. The molecule has 25 heavy (non-hydrogen) atoms. The first-order valence-electron chi connectivity index (χ1n) is 8.20. The van der Waals surface area contributed by atoms with Crippen molar-refractivity contribution >= 4 is 28.3 Å². The van der Waals surface area contributed by atoms with Gasteiger partial charge >= 0.3 is 5.97 Å². The molecule has 1 heterocycles. The molecular formula is C18H22N2O4S. The predicted octanol–water partition coefficient (Wildman–Crippen LogP) is 3.82. The maximum atomic E-state index is 11.9. The Morgan fingerprint density at radius 2 is 2.12 bits per heavy atom. The summed E-state index contributed by atoms with van der Waals surface area (Å²) in [5.41, 5.74) is 1.37. The first kappa shape index (κ1) is 18.9. The Morgan fingerprint density at radius 3 is 2.88 bits per heavy atom.